The molecule has 194 valence electrons. The molecule has 0 saturated carbocycles. The highest BCUT2D eigenvalue weighted by molar-refractivity contribution is 7.92. The van der Waals surface area contributed by atoms with Crippen molar-refractivity contribution < 1.29 is 22.3 Å². The molecule has 0 aliphatic heterocycles. The Morgan fingerprint density at radius 3 is 2.62 bits per heavy atom. The third-order valence-corrected chi connectivity index (χ3v) is 6.76. The predicted molar refractivity (Wildman–Crippen MR) is 139 cm³/mol. The van der Waals surface area contributed by atoms with Crippen LogP contribution in [0.1, 0.15) is 0 Å². The number of pyridine rings is 2. The lowest BCUT2D eigenvalue weighted by molar-refractivity contribution is 0.210. The molecule has 0 aliphatic rings. The van der Waals surface area contributed by atoms with Crippen LogP contribution in [0.15, 0.2) is 47.6 Å². The minimum atomic E-state index is -4.29. The lowest BCUT2D eigenvalue weighted by atomic mass is 10.0. The molecule has 0 atom stereocenters. The van der Waals surface area contributed by atoms with Crippen LogP contribution in [0.3, 0.4) is 0 Å². The van der Waals surface area contributed by atoms with Crippen molar-refractivity contribution in [3.63, 3.8) is 0 Å². The number of ether oxygens (including phenoxy) is 2. The van der Waals surface area contributed by atoms with E-state index in [0.717, 1.165) is 0 Å². The number of nitrogens with zero attached hydrogens (tertiary/aromatic N) is 4. The number of hydrogen-bond acceptors (Lipinski definition) is 10. The first kappa shape index (κ1) is 26.3. The van der Waals surface area contributed by atoms with Crippen LogP contribution >= 0.6 is 11.6 Å². The van der Waals surface area contributed by atoms with Crippen LogP contribution in [0.2, 0.25) is 5.02 Å². The van der Waals surface area contributed by atoms with Crippen molar-refractivity contribution >= 4 is 50.1 Å². The molecule has 0 bridgehead atoms. The maximum Gasteiger partial charge on any atom is 0.267 e. The van der Waals surface area contributed by atoms with Crippen LogP contribution in [0, 0.1) is 5.82 Å². The second kappa shape index (κ2) is 11.1. The molecular weight excluding hydrogens is 525 g/mol. The molecule has 0 saturated heterocycles. The minimum Gasteiger partial charge on any atom is -0.480 e. The van der Waals surface area contributed by atoms with E-state index in [2.05, 4.69) is 35.3 Å². The number of fused-ring (bicyclic) bond motifs is 1. The zero-order valence-corrected chi connectivity index (χ0v) is 21.6. The van der Waals surface area contributed by atoms with Crippen molar-refractivity contribution in [3.05, 3.63) is 53.6 Å². The fraction of sp³-hybridized carbons (Fsp3) is 0.217. The molecule has 0 fully saturated rings. The molecule has 3 heterocycles. The zero-order chi connectivity index (χ0) is 26.6. The van der Waals surface area contributed by atoms with E-state index in [4.69, 9.17) is 21.1 Å². The summed E-state index contributed by atoms with van der Waals surface area (Å²) in [7, 11) is 0.206. The molecule has 14 heteroatoms. The average Bonchev–Trinajstić information content (AvgIpc) is 2.89. The summed E-state index contributed by atoms with van der Waals surface area (Å²) in [5, 5.41) is 6.61. The summed E-state index contributed by atoms with van der Waals surface area (Å²) < 4.78 is 54.1. The number of nitrogens with one attached hydrogen (secondary N) is 3. The van der Waals surface area contributed by atoms with Crippen LogP contribution in [0.5, 0.6) is 5.88 Å². The zero-order valence-electron chi connectivity index (χ0n) is 20.0. The van der Waals surface area contributed by atoms with E-state index in [1.54, 1.807) is 26.4 Å². The lowest BCUT2D eigenvalue weighted by Gasteiger charge is -2.15. The Morgan fingerprint density at radius 1 is 1.08 bits per heavy atom. The fourth-order valence-electron chi connectivity index (χ4n) is 3.48. The van der Waals surface area contributed by atoms with Crippen molar-refractivity contribution in [1.82, 2.24) is 19.9 Å². The second-order valence-corrected chi connectivity index (χ2v) is 9.68. The average molecular weight is 548 g/mol. The molecule has 11 nitrogen and oxygen atoms in total. The van der Waals surface area contributed by atoms with Gasteiger partial charge in [0.25, 0.3) is 10.0 Å². The quantitative estimate of drug-likeness (QED) is 0.251. The Hall–Kier alpha value is -3.81. The van der Waals surface area contributed by atoms with Crippen LogP contribution < -0.4 is 20.1 Å². The van der Waals surface area contributed by atoms with Gasteiger partial charge in [-0.15, -0.1) is 0 Å². The molecule has 37 heavy (non-hydrogen) atoms. The number of halogens is 2. The summed E-state index contributed by atoms with van der Waals surface area (Å²) in [6.45, 7) is 1.000. The van der Waals surface area contributed by atoms with E-state index in [1.807, 2.05) is 0 Å². The monoisotopic (exact) mass is 547 g/mol. The molecule has 0 aliphatic carbocycles. The van der Waals surface area contributed by atoms with E-state index in [-0.39, 0.29) is 27.0 Å². The Balaban J connectivity index is 1.73. The van der Waals surface area contributed by atoms with Crippen LogP contribution in [-0.2, 0) is 14.8 Å². The van der Waals surface area contributed by atoms with Gasteiger partial charge in [-0.25, -0.2) is 27.8 Å². The van der Waals surface area contributed by atoms with E-state index >= 15 is 4.39 Å². The molecule has 3 aromatic heterocycles. The van der Waals surface area contributed by atoms with Gasteiger partial charge in [-0.1, -0.05) is 23.7 Å². The molecule has 1 aromatic carbocycles. The van der Waals surface area contributed by atoms with Crippen molar-refractivity contribution in [2.75, 3.05) is 49.8 Å². The highest BCUT2D eigenvalue weighted by Crippen LogP contribution is 2.35. The molecule has 3 N–H and O–H groups in total. The van der Waals surface area contributed by atoms with E-state index < -0.39 is 15.8 Å². The van der Waals surface area contributed by atoms with Gasteiger partial charge in [-0.3, -0.25) is 4.72 Å². The van der Waals surface area contributed by atoms with Gasteiger partial charge in [0.2, 0.25) is 11.8 Å². The molecule has 0 radical (unpaired) electrons. The third kappa shape index (κ3) is 5.63. The normalized spacial score (nSPS) is 11.4. The maximum atomic E-state index is 15.7. The first-order valence-corrected chi connectivity index (χ1v) is 12.7. The van der Waals surface area contributed by atoms with Gasteiger partial charge in [-0.2, -0.15) is 4.98 Å². The third-order valence-electron chi connectivity index (χ3n) is 5.20. The van der Waals surface area contributed by atoms with Gasteiger partial charge in [0.05, 0.1) is 24.4 Å². The Bertz CT molecular complexity index is 1560. The van der Waals surface area contributed by atoms with Crippen LogP contribution in [0.25, 0.3) is 22.2 Å². The van der Waals surface area contributed by atoms with Crippen molar-refractivity contribution in [2.24, 2.45) is 0 Å². The summed E-state index contributed by atoms with van der Waals surface area (Å²) in [5.41, 5.74) is 0.605. The highest BCUT2D eigenvalue weighted by atomic mass is 35.5. The number of aromatic nitrogens is 4. The summed E-state index contributed by atoms with van der Waals surface area (Å²) >= 11 is 5.92. The summed E-state index contributed by atoms with van der Waals surface area (Å²) in [5.74, 6) is -0.272. The maximum absolute atomic E-state index is 15.7. The molecule has 4 rings (SSSR count). The Labute approximate surface area is 217 Å². The summed E-state index contributed by atoms with van der Waals surface area (Å²) in [4.78, 5) is 16.7. The van der Waals surface area contributed by atoms with Gasteiger partial charge in [-0.05, 0) is 18.2 Å². The van der Waals surface area contributed by atoms with Crippen molar-refractivity contribution in [1.29, 1.82) is 0 Å². The molecule has 0 spiro atoms. The topological polar surface area (TPSA) is 140 Å². The molecule has 0 amide bonds. The van der Waals surface area contributed by atoms with E-state index in [1.165, 1.54) is 37.6 Å². The number of anilines is 3. The van der Waals surface area contributed by atoms with E-state index in [9.17, 15) is 8.42 Å². The summed E-state index contributed by atoms with van der Waals surface area (Å²) in [6.07, 6.45) is 2.81. The lowest BCUT2D eigenvalue weighted by Crippen LogP contribution is -2.16. The van der Waals surface area contributed by atoms with Gasteiger partial charge >= 0.3 is 0 Å². The number of methoxy groups -OCH3 is 2. The Kier molecular flexibility index (Phi) is 7.86. The van der Waals surface area contributed by atoms with Gasteiger partial charge in [0.1, 0.15) is 5.82 Å². The number of hydrogen-bond donors (Lipinski definition) is 3. The number of rotatable bonds is 10. The van der Waals surface area contributed by atoms with Gasteiger partial charge in [0.15, 0.2) is 16.4 Å². The number of sulfonamides is 1. The van der Waals surface area contributed by atoms with Crippen molar-refractivity contribution in [3.8, 4) is 17.0 Å². The number of benzene rings is 1. The summed E-state index contributed by atoms with van der Waals surface area (Å²) in [6, 6.07) is 7.18. The standard InChI is InChI=1S/C23H23ClFN7O4S/c1-26-21-16(9-13-11-29-23(27-7-8-35-2)31-20(13)30-21)15-5-4-6-17(19(15)25)32-37(33,34)18-10-14(24)12-28-22(18)36-3/h4-6,9-12,32H,7-8H2,1-3H3,(H2,26,27,29,30,31). The highest BCUT2D eigenvalue weighted by Gasteiger charge is 2.24. The minimum absolute atomic E-state index is 0.0792. The van der Waals surface area contributed by atoms with Gasteiger partial charge in [0, 0.05) is 49.6 Å². The fourth-order valence-corrected chi connectivity index (χ4v) is 4.91. The van der Waals surface area contributed by atoms with E-state index in [0.29, 0.717) is 41.5 Å². The molecular formula is C23H23ClFN7O4S. The Morgan fingerprint density at radius 2 is 1.89 bits per heavy atom. The largest absolute Gasteiger partial charge is 0.480 e. The van der Waals surface area contributed by atoms with Gasteiger partial charge < -0.3 is 20.1 Å². The molecule has 4 aromatic rings. The smallest absolute Gasteiger partial charge is 0.267 e. The first-order chi connectivity index (χ1) is 17.8. The molecule has 0 unspecified atom stereocenters. The van der Waals surface area contributed by atoms with Crippen LogP contribution in [-0.4, -0.2) is 62.8 Å². The predicted octanol–water partition coefficient (Wildman–Crippen LogP) is 3.79. The first-order valence-electron chi connectivity index (χ1n) is 10.9. The van der Waals surface area contributed by atoms with Crippen LogP contribution in [0.4, 0.5) is 21.8 Å². The SMILES string of the molecule is CNc1nc2nc(NCCOC)ncc2cc1-c1cccc(NS(=O)(=O)c2cc(Cl)cnc2OC)c1F. The second-order valence-electron chi connectivity index (χ2n) is 7.59. The van der Waals surface area contributed by atoms with Crippen molar-refractivity contribution in [2.45, 2.75) is 4.90 Å².